The molecule has 0 spiro atoms. The van der Waals surface area contributed by atoms with Crippen molar-refractivity contribution in [1.29, 1.82) is 0 Å². The largest absolute Gasteiger partial charge is 0.299 e. The first kappa shape index (κ1) is 16.3. The van der Waals surface area contributed by atoms with Crippen molar-refractivity contribution in [3.63, 3.8) is 0 Å². The highest BCUT2D eigenvalue weighted by atomic mass is 35.5. The molecule has 3 rings (SSSR count). The van der Waals surface area contributed by atoms with Crippen LogP contribution < -0.4 is 4.72 Å². The number of hydrogen-bond acceptors (Lipinski definition) is 4. The second kappa shape index (κ2) is 5.83. The highest BCUT2D eigenvalue weighted by molar-refractivity contribution is 7.92. The first-order chi connectivity index (χ1) is 10.8. The Morgan fingerprint density at radius 3 is 2.43 bits per heavy atom. The molecule has 0 radical (unpaired) electrons. The van der Waals surface area contributed by atoms with Crippen LogP contribution in [-0.2, 0) is 10.0 Å². The van der Waals surface area contributed by atoms with Crippen molar-refractivity contribution in [1.82, 2.24) is 14.6 Å². The highest BCUT2D eigenvalue weighted by Crippen LogP contribution is 2.31. The Balaban J connectivity index is 2.08. The third kappa shape index (κ3) is 3.10. The minimum Gasteiger partial charge on any atom is -0.274 e. The zero-order chi connectivity index (χ0) is 16.8. The molecule has 2 heterocycles. The zero-order valence-corrected chi connectivity index (χ0v) is 14.7. The SMILES string of the molecule is Cc1cc(Cl)n2nc(S(=O)(=O)Nc3c(Cl)cccc3Cl)nc2c1. The summed E-state index contributed by atoms with van der Waals surface area (Å²) in [7, 11) is -4.07. The number of hydrogen-bond donors (Lipinski definition) is 1. The van der Waals surface area contributed by atoms with Crippen molar-refractivity contribution in [3.8, 4) is 0 Å². The van der Waals surface area contributed by atoms with Gasteiger partial charge in [-0.15, -0.1) is 5.10 Å². The lowest BCUT2D eigenvalue weighted by molar-refractivity contribution is 0.592. The molecule has 120 valence electrons. The van der Waals surface area contributed by atoms with Crippen LogP contribution >= 0.6 is 34.8 Å². The van der Waals surface area contributed by atoms with Crippen molar-refractivity contribution in [2.45, 2.75) is 12.1 Å². The average Bonchev–Trinajstić information content (AvgIpc) is 2.88. The number of pyridine rings is 1. The lowest BCUT2D eigenvalue weighted by Crippen LogP contribution is -2.15. The quantitative estimate of drug-likeness (QED) is 0.689. The second-order valence-electron chi connectivity index (χ2n) is 4.72. The van der Waals surface area contributed by atoms with Gasteiger partial charge in [0.1, 0.15) is 5.15 Å². The lowest BCUT2D eigenvalue weighted by atomic mass is 10.3. The summed E-state index contributed by atoms with van der Waals surface area (Å²) in [5.41, 5.74) is 1.22. The number of para-hydroxylation sites is 1. The number of benzene rings is 1. The highest BCUT2D eigenvalue weighted by Gasteiger charge is 2.23. The number of aromatic nitrogens is 3. The van der Waals surface area contributed by atoms with Crippen molar-refractivity contribution < 1.29 is 8.42 Å². The topological polar surface area (TPSA) is 76.4 Å². The van der Waals surface area contributed by atoms with Gasteiger partial charge in [0.2, 0.25) is 0 Å². The van der Waals surface area contributed by atoms with Gasteiger partial charge in [0.05, 0.1) is 15.7 Å². The number of fused-ring (bicyclic) bond motifs is 1. The van der Waals surface area contributed by atoms with E-state index in [9.17, 15) is 8.42 Å². The van der Waals surface area contributed by atoms with E-state index in [1.54, 1.807) is 18.2 Å². The summed E-state index contributed by atoms with van der Waals surface area (Å²) in [6, 6.07) is 7.96. The number of halogens is 3. The van der Waals surface area contributed by atoms with Crippen LogP contribution in [0.25, 0.3) is 5.65 Å². The van der Waals surface area contributed by atoms with Crippen LogP contribution in [0.5, 0.6) is 0 Å². The Kier molecular flexibility index (Phi) is 4.14. The smallest absolute Gasteiger partial charge is 0.274 e. The fourth-order valence-electron chi connectivity index (χ4n) is 1.94. The van der Waals surface area contributed by atoms with Gasteiger partial charge >= 0.3 is 0 Å². The minimum atomic E-state index is -4.07. The van der Waals surface area contributed by atoms with E-state index in [-0.39, 0.29) is 20.9 Å². The van der Waals surface area contributed by atoms with Gasteiger partial charge in [0.15, 0.2) is 5.65 Å². The number of rotatable bonds is 3. The van der Waals surface area contributed by atoms with Gasteiger partial charge in [-0.25, -0.2) is 4.52 Å². The van der Waals surface area contributed by atoms with E-state index in [0.717, 1.165) is 5.56 Å². The molecule has 0 aliphatic heterocycles. The summed E-state index contributed by atoms with van der Waals surface area (Å²) >= 11 is 18.0. The summed E-state index contributed by atoms with van der Waals surface area (Å²) in [5, 5.41) is 4.07. The summed E-state index contributed by atoms with van der Waals surface area (Å²) in [5.74, 6) is 0. The number of aryl methyl sites for hydroxylation is 1. The molecule has 0 saturated carbocycles. The van der Waals surface area contributed by atoms with Crippen molar-refractivity contribution in [2.75, 3.05) is 4.72 Å². The molecule has 0 unspecified atom stereocenters. The van der Waals surface area contributed by atoms with Gasteiger partial charge < -0.3 is 0 Å². The summed E-state index contributed by atoms with van der Waals surface area (Å²) in [6.45, 7) is 1.82. The molecule has 0 saturated heterocycles. The van der Waals surface area contributed by atoms with Gasteiger partial charge in [-0.1, -0.05) is 40.9 Å². The maximum absolute atomic E-state index is 12.5. The van der Waals surface area contributed by atoms with E-state index < -0.39 is 15.2 Å². The molecule has 3 aromatic rings. The van der Waals surface area contributed by atoms with E-state index in [0.29, 0.717) is 5.65 Å². The first-order valence-electron chi connectivity index (χ1n) is 6.28. The fourth-order valence-corrected chi connectivity index (χ4v) is 3.82. The minimum absolute atomic E-state index is 0.0666. The maximum atomic E-state index is 12.5. The third-order valence-electron chi connectivity index (χ3n) is 2.96. The Morgan fingerprint density at radius 2 is 1.78 bits per heavy atom. The molecule has 0 fully saturated rings. The standard InChI is InChI=1S/C13H9Cl3N4O2S/c1-7-5-10(16)20-11(6-7)17-13(18-20)23(21,22)19-12-8(14)3-2-4-9(12)15/h2-6,19H,1H3. The molecule has 6 nitrogen and oxygen atoms in total. The van der Waals surface area contributed by atoms with Crippen molar-refractivity contribution >= 4 is 56.2 Å². The van der Waals surface area contributed by atoms with Crippen molar-refractivity contribution in [2.24, 2.45) is 0 Å². The number of anilines is 1. The number of nitrogens with zero attached hydrogens (tertiary/aromatic N) is 3. The van der Waals surface area contributed by atoms with Crippen LogP contribution in [0.2, 0.25) is 15.2 Å². The molecule has 1 aromatic carbocycles. The molecule has 0 atom stereocenters. The molecule has 2 aromatic heterocycles. The van der Waals surface area contributed by atoms with Crippen molar-refractivity contribution in [3.05, 3.63) is 51.1 Å². The van der Waals surface area contributed by atoms with E-state index in [1.165, 1.54) is 16.6 Å². The van der Waals surface area contributed by atoms with E-state index in [4.69, 9.17) is 34.8 Å². The molecule has 10 heteroatoms. The molecule has 0 aliphatic carbocycles. The van der Waals surface area contributed by atoms with E-state index in [1.807, 2.05) is 6.92 Å². The first-order valence-corrected chi connectivity index (χ1v) is 8.89. The number of sulfonamides is 1. The van der Waals surface area contributed by atoms with Gasteiger partial charge in [-0.05, 0) is 36.8 Å². The Morgan fingerprint density at radius 1 is 1.13 bits per heavy atom. The monoisotopic (exact) mass is 390 g/mol. The predicted octanol–water partition coefficient (Wildman–Crippen LogP) is 3.80. The summed E-state index contributed by atoms with van der Waals surface area (Å²) in [6.07, 6.45) is 0. The lowest BCUT2D eigenvalue weighted by Gasteiger charge is -2.08. The van der Waals surface area contributed by atoms with Gasteiger partial charge in [-0.2, -0.15) is 13.4 Å². The predicted molar refractivity (Wildman–Crippen MR) is 90.0 cm³/mol. The van der Waals surface area contributed by atoms with E-state index >= 15 is 0 Å². The summed E-state index contributed by atoms with van der Waals surface area (Å²) < 4.78 is 28.5. The maximum Gasteiger partial charge on any atom is 0.299 e. The fraction of sp³-hybridized carbons (Fsp3) is 0.0769. The van der Waals surface area contributed by atoms with Crippen LogP contribution in [0.3, 0.4) is 0 Å². The second-order valence-corrected chi connectivity index (χ2v) is 7.50. The van der Waals surface area contributed by atoms with Crippen LogP contribution in [-0.4, -0.2) is 23.0 Å². The zero-order valence-electron chi connectivity index (χ0n) is 11.6. The summed E-state index contributed by atoms with van der Waals surface area (Å²) in [4.78, 5) is 3.99. The molecule has 23 heavy (non-hydrogen) atoms. The van der Waals surface area contributed by atoms with Gasteiger partial charge in [0.25, 0.3) is 15.2 Å². The molecular weight excluding hydrogens is 383 g/mol. The van der Waals surface area contributed by atoms with Crippen LogP contribution in [0.1, 0.15) is 5.56 Å². The average molecular weight is 392 g/mol. The van der Waals surface area contributed by atoms with Crippen LogP contribution in [0, 0.1) is 6.92 Å². The molecule has 0 aliphatic rings. The Labute approximate surface area is 147 Å². The Hall–Kier alpha value is -1.54. The van der Waals surface area contributed by atoms with Gasteiger partial charge in [0, 0.05) is 0 Å². The van der Waals surface area contributed by atoms with Gasteiger partial charge in [-0.3, -0.25) is 4.72 Å². The molecular formula is C13H9Cl3N4O2S. The normalized spacial score (nSPS) is 11.8. The number of nitrogens with one attached hydrogen (secondary N) is 1. The molecule has 0 bridgehead atoms. The molecule has 1 N–H and O–H groups in total. The van der Waals surface area contributed by atoms with Crippen LogP contribution in [0.4, 0.5) is 5.69 Å². The van der Waals surface area contributed by atoms with E-state index in [2.05, 4.69) is 14.8 Å². The molecule has 0 amide bonds. The Bertz CT molecular complexity index is 997. The third-order valence-corrected chi connectivity index (χ3v) is 4.98. The van der Waals surface area contributed by atoms with Crippen LogP contribution in [0.15, 0.2) is 35.5 Å².